The molecule has 1 nitrogen and oxygen atoms in total. The summed E-state index contributed by atoms with van der Waals surface area (Å²) in [5.41, 5.74) is 0. The molecule has 0 fully saturated rings. The lowest BCUT2D eigenvalue weighted by molar-refractivity contribution is 1.32. The van der Waals surface area contributed by atoms with Gasteiger partial charge in [0.15, 0.2) is 0 Å². The van der Waals surface area contributed by atoms with Crippen LogP contribution in [0.15, 0.2) is 12.3 Å². The molecule has 0 amide bonds. The largest absolute Gasteiger partial charge is 0.361 e. The topological polar surface area (TPSA) is 15.8 Å². The van der Waals surface area contributed by atoms with E-state index in [4.69, 9.17) is 0 Å². The monoisotopic (exact) mass is 231 g/mol. The van der Waals surface area contributed by atoms with Crippen LogP contribution < -0.4 is 10.6 Å². The number of hydrogen-bond donors (Lipinski definition) is 1. The molecule has 2 heterocycles. The van der Waals surface area contributed by atoms with Crippen molar-refractivity contribution in [2.24, 2.45) is 0 Å². The molecule has 0 bridgehead atoms. The van der Waals surface area contributed by atoms with Gasteiger partial charge in [-0.05, 0) is 20.2 Å². The van der Waals surface area contributed by atoms with E-state index in [2.05, 4.69) is 25.2 Å². The maximum Gasteiger partial charge on any atom is 0.0462 e. The average molecular weight is 231 g/mol. The van der Waals surface area contributed by atoms with Gasteiger partial charge < -0.3 is 4.98 Å². The van der Waals surface area contributed by atoms with E-state index in [1.807, 2.05) is 6.20 Å². The van der Waals surface area contributed by atoms with E-state index in [1.54, 1.807) is 0 Å². The highest BCUT2D eigenvalue weighted by Gasteiger charge is 1.85. The molecule has 0 saturated carbocycles. The number of rotatable bonds is 0. The van der Waals surface area contributed by atoms with Gasteiger partial charge in [0.1, 0.15) is 0 Å². The molecule has 2 rings (SSSR count). The Morgan fingerprint density at radius 2 is 2.44 bits per heavy atom. The smallest absolute Gasteiger partial charge is 0.0462 e. The number of aromatic nitrogens is 1. The summed E-state index contributed by atoms with van der Waals surface area (Å²) in [6.07, 6.45) is 4.16. The molecular weight excluding hydrogens is 225 g/mol. The minimum atomic E-state index is 0.226. The fourth-order valence-corrected chi connectivity index (χ4v) is 2.54. The van der Waals surface area contributed by atoms with Crippen LogP contribution in [0.3, 0.4) is 0 Å². The number of halogens is 1. The molecule has 0 aromatic carbocycles. The SMILES string of the molecule is C1=IC=c2cc[nH]c2=C1. The van der Waals surface area contributed by atoms with E-state index in [0.717, 1.165) is 0 Å². The van der Waals surface area contributed by atoms with Gasteiger partial charge in [0.25, 0.3) is 0 Å². The van der Waals surface area contributed by atoms with Crippen molar-refractivity contribution < 1.29 is 0 Å². The summed E-state index contributed by atoms with van der Waals surface area (Å²) in [6, 6.07) is 2.12. The molecule has 46 valence electrons. The van der Waals surface area contributed by atoms with Crippen molar-refractivity contribution in [2.45, 2.75) is 0 Å². The van der Waals surface area contributed by atoms with E-state index in [-0.39, 0.29) is 20.7 Å². The zero-order valence-corrected chi connectivity index (χ0v) is 6.92. The third kappa shape index (κ3) is 0.871. The fraction of sp³-hybridized carbons (Fsp3) is 0. The lowest BCUT2D eigenvalue weighted by atomic mass is 10.4. The second-order valence-corrected chi connectivity index (χ2v) is 3.94. The van der Waals surface area contributed by atoms with Crippen molar-refractivity contribution in [1.82, 2.24) is 4.98 Å². The van der Waals surface area contributed by atoms with Crippen molar-refractivity contribution in [1.29, 1.82) is 0 Å². The number of fused-ring (bicyclic) bond motifs is 1. The van der Waals surface area contributed by atoms with Crippen molar-refractivity contribution in [3.05, 3.63) is 22.8 Å². The second-order valence-electron chi connectivity index (χ2n) is 1.87. The van der Waals surface area contributed by atoms with Crippen molar-refractivity contribution in [3.63, 3.8) is 0 Å². The summed E-state index contributed by atoms with van der Waals surface area (Å²) in [6.45, 7) is 0. The summed E-state index contributed by atoms with van der Waals surface area (Å²) in [7, 11) is 0. The van der Waals surface area contributed by atoms with Crippen molar-refractivity contribution >= 4 is 34.9 Å². The van der Waals surface area contributed by atoms with Crippen LogP contribution in [0.2, 0.25) is 0 Å². The summed E-state index contributed by atoms with van der Waals surface area (Å²) < 4.78 is 4.59. The quantitative estimate of drug-likeness (QED) is 0.619. The summed E-state index contributed by atoms with van der Waals surface area (Å²) in [5, 5.41) is 2.64. The highest BCUT2D eigenvalue weighted by Crippen LogP contribution is 1.96. The van der Waals surface area contributed by atoms with Gasteiger partial charge >= 0.3 is 0 Å². The standard InChI is InChI=1S/C7H6IN/c1-3-8-5-6-2-4-9-7(1)6/h1-5,9H. The third-order valence-electron chi connectivity index (χ3n) is 1.30. The van der Waals surface area contributed by atoms with Gasteiger partial charge in [0.05, 0.1) is 0 Å². The van der Waals surface area contributed by atoms with Gasteiger partial charge in [-0.3, -0.25) is 0 Å². The van der Waals surface area contributed by atoms with Gasteiger partial charge in [0, 0.05) is 16.8 Å². The molecule has 1 aliphatic heterocycles. The van der Waals surface area contributed by atoms with E-state index in [1.165, 1.54) is 10.6 Å². The van der Waals surface area contributed by atoms with Crippen LogP contribution in [0.1, 0.15) is 0 Å². The summed E-state index contributed by atoms with van der Waals surface area (Å²) in [4.78, 5) is 3.16. The number of H-pyrrole nitrogens is 1. The maximum atomic E-state index is 3.16. The van der Waals surface area contributed by atoms with Crippen molar-refractivity contribution in [3.8, 4) is 0 Å². The molecule has 0 saturated heterocycles. The van der Waals surface area contributed by atoms with Gasteiger partial charge in [0.2, 0.25) is 0 Å². The summed E-state index contributed by atoms with van der Waals surface area (Å²) >= 11 is 0.226. The third-order valence-corrected chi connectivity index (χ3v) is 3.10. The highest BCUT2D eigenvalue weighted by molar-refractivity contribution is 14.2. The zero-order chi connectivity index (χ0) is 6.10. The molecule has 9 heavy (non-hydrogen) atoms. The molecule has 0 atom stereocenters. The minimum Gasteiger partial charge on any atom is -0.361 e. The Kier molecular flexibility index (Phi) is 1.26. The fourth-order valence-electron chi connectivity index (χ4n) is 0.837. The first kappa shape index (κ1) is 5.41. The van der Waals surface area contributed by atoms with Gasteiger partial charge in [-0.15, -0.1) is 0 Å². The van der Waals surface area contributed by atoms with Crippen LogP contribution in [-0.4, -0.2) is 9.00 Å². The highest BCUT2D eigenvalue weighted by atomic mass is 127. The predicted octanol–water partition coefficient (Wildman–Crippen LogP) is 0.320. The zero-order valence-electron chi connectivity index (χ0n) is 4.76. The molecule has 2 heteroatoms. The predicted molar refractivity (Wildman–Crippen MR) is 49.1 cm³/mol. The molecular formula is C7H6IN. The molecule has 1 N–H and O–H groups in total. The Hall–Kier alpha value is -0.380. The molecule has 0 aliphatic carbocycles. The van der Waals surface area contributed by atoms with Crippen LogP contribution >= 0.6 is 20.7 Å². The Bertz CT molecular complexity index is 313. The van der Waals surface area contributed by atoms with Gasteiger partial charge in [-0.2, -0.15) is 0 Å². The Labute approximate surface area is 62.8 Å². The number of aromatic amines is 1. The Morgan fingerprint density at radius 3 is 3.33 bits per heavy atom. The molecule has 1 aromatic heterocycles. The second kappa shape index (κ2) is 2.10. The van der Waals surface area contributed by atoms with Crippen LogP contribution in [-0.2, 0) is 0 Å². The summed E-state index contributed by atoms with van der Waals surface area (Å²) in [5.74, 6) is 0. The van der Waals surface area contributed by atoms with Gasteiger partial charge in [-0.1, -0.05) is 20.7 Å². The Morgan fingerprint density at radius 1 is 1.44 bits per heavy atom. The molecule has 1 aliphatic rings. The van der Waals surface area contributed by atoms with E-state index < -0.39 is 0 Å². The van der Waals surface area contributed by atoms with E-state index in [9.17, 15) is 0 Å². The van der Waals surface area contributed by atoms with Crippen LogP contribution in [0, 0.1) is 0 Å². The number of nitrogens with one attached hydrogen (secondary N) is 1. The molecule has 0 unspecified atom stereocenters. The van der Waals surface area contributed by atoms with Crippen LogP contribution in [0.4, 0.5) is 0 Å². The molecule has 1 aromatic rings. The first-order valence-corrected chi connectivity index (χ1v) is 5.25. The average Bonchev–Trinajstić information content (AvgIpc) is 2.33. The van der Waals surface area contributed by atoms with E-state index >= 15 is 0 Å². The van der Waals surface area contributed by atoms with Crippen LogP contribution in [0.5, 0.6) is 0 Å². The maximum absolute atomic E-state index is 3.16. The molecule has 0 spiro atoms. The lowest BCUT2D eigenvalue weighted by Crippen LogP contribution is -2.22. The van der Waals surface area contributed by atoms with Gasteiger partial charge in [-0.25, -0.2) is 0 Å². The number of hydrogen-bond acceptors (Lipinski definition) is 0. The minimum absolute atomic E-state index is 0.226. The molecule has 0 radical (unpaired) electrons. The Balaban J connectivity index is 2.99. The normalized spacial score (nSPS) is 14.7. The van der Waals surface area contributed by atoms with Crippen LogP contribution in [0.25, 0.3) is 10.2 Å². The lowest BCUT2D eigenvalue weighted by Gasteiger charge is -1.81. The first-order chi connectivity index (χ1) is 4.47. The van der Waals surface area contributed by atoms with Crippen molar-refractivity contribution in [2.75, 3.05) is 0 Å². The first-order valence-electron chi connectivity index (χ1n) is 2.76. The van der Waals surface area contributed by atoms with E-state index in [0.29, 0.717) is 0 Å².